The molecular formula is C16H23N5O3. The second-order valence-corrected chi connectivity index (χ2v) is 6.65. The van der Waals surface area contributed by atoms with Gasteiger partial charge in [-0.1, -0.05) is 5.10 Å². The van der Waals surface area contributed by atoms with Crippen LogP contribution >= 0.6 is 0 Å². The van der Waals surface area contributed by atoms with Gasteiger partial charge in [0.2, 0.25) is 5.95 Å². The second kappa shape index (κ2) is 6.18. The Morgan fingerprint density at radius 2 is 2.12 bits per heavy atom. The highest BCUT2D eigenvalue weighted by molar-refractivity contribution is 5.30. The zero-order valence-electron chi connectivity index (χ0n) is 14.1. The van der Waals surface area contributed by atoms with Gasteiger partial charge in [0, 0.05) is 19.0 Å². The Hall–Kier alpha value is -1.93. The summed E-state index contributed by atoms with van der Waals surface area (Å²) in [5, 5.41) is 12.2. The van der Waals surface area contributed by atoms with Gasteiger partial charge >= 0.3 is 0 Å². The van der Waals surface area contributed by atoms with E-state index in [0.29, 0.717) is 25.7 Å². The maximum atomic E-state index is 5.85. The first-order valence-corrected chi connectivity index (χ1v) is 8.48. The molecule has 0 spiro atoms. The molecule has 0 aromatic carbocycles. The molecule has 0 saturated carbocycles. The van der Waals surface area contributed by atoms with Crippen LogP contribution < -0.4 is 4.90 Å². The number of anilines is 1. The van der Waals surface area contributed by atoms with E-state index in [9.17, 15) is 0 Å². The number of nitrogens with zero attached hydrogens (tertiary/aromatic N) is 5. The zero-order valence-corrected chi connectivity index (χ0v) is 14.1. The lowest BCUT2D eigenvalue weighted by atomic mass is 9.90. The molecule has 2 aromatic rings. The van der Waals surface area contributed by atoms with Crippen LogP contribution in [-0.2, 0) is 16.0 Å². The molecule has 4 rings (SSSR count). The summed E-state index contributed by atoms with van der Waals surface area (Å²) < 4.78 is 19.1. The topological polar surface area (TPSA) is 78.4 Å². The van der Waals surface area contributed by atoms with Gasteiger partial charge in [0.25, 0.3) is 0 Å². The molecule has 8 nitrogen and oxygen atoms in total. The zero-order chi connectivity index (χ0) is 16.6. The molecule has 24 heavy (non-hydrogen) atoms. The van der Waals surface area contributed by atoms with E-state index < -0.39 is 5.79 Å². The third-order valence-electron chi connectivity index (χ3n) is 4.92. The summed E-state index contributed by atoms with van der Waals surface area (Å²) in [5.41, 5.74) is 0. The minimum absolute atomic E-state index is 0.310. The highest BCUT2D eigenvalue weighted by Gasteiger charge is 2.42. The highest BCUT2D eigenvalue weighted by atomic mass is 16.7. The Bertz CT molecular complexity index is 691. The van der Waals surface area contributed by atoms with E-state index in [2.05, 4.69) is 20.4 Å². The molecule has 0 aliphatic carbocycles. The van der Waals surface area contributed by atoms with Gasteiger partial charge < -0.3 is 18.8 Å². The fourth-order valence-corrected chi connectivity index (χ4v) is 3.60. The molecule has 2 aliphatic rings. The molecular weight excluding hydrogens is 310 g/mol. The molecule has 2 aliphatic heterocycles. The van der Waals surface area contributed by atoms with E-state index in [1.807, 2.05) is 26.0 Å². The summed E-state index contributed by atoms with van der Waals surface area (Å²) in [6, 6.07) is 3.91. The minimum Gasteiger partial charge on any atom is -0.464 e. The summed E-state index contributed by atoms with van der Waals surface area (Å²) in [4.78, 5) is 2.22. The van der Waals surface area contributed by atoms with Gasteiger partial charge in [-0.3, -0.25) is 0 Å². The van der Waals surface area contributed by atoms with Crippen molar-refractivity contribution in [1.29, 1.82) is 0 Å². The van der Waals surface area contributed by atoms with Crippen molar-refractivity contribution in [2.75, 3.05) is 31.2 Å². The molecule has 2 aromatic heterocycles. The van der Waals surface area contributed by atoms with Crippen molar-refractivity contribution in [2.24, 2.45) is 5.92 Å². The van der Waals surface area contributed by atoms with Gasteiger partial charge in [-0.05, 0) is 49.2 Å². The van der Waals surface area contributed by atoms with Crippen molar-refractivity contribution in [2.45, 2.75) is 39.0 Å². The average molecular weight is 333 g/mol. The highest BCUT2D eigenvalue weighted by Crippen LogP contribution is 2.35. The van der Waals surface area contributed by atoms with Crippen molar-refractivity contribution in [3.8, 4) is 0 Å². The molecule has 2 fully saturated rings. The largest absolute Gasteiger partial charge is 0.464 e. The Balaban J connectivity index is 1.50. The standard InChI is InChI=1S/C16H23N5O3/c1-12-5-6-14(24-12)11-21-15(17-18-19-21)20-7-3-4-13(10-20)16(2)22-8-9-23-16/h5-6,13H,3-4,7-11H2,1-2H3. The quantitative estimate of drug-likeness (QED) is 0.841. The van der Waals surface area contributed by atoms with Gasteiger partial charge in [-0.2, -0.15) is 0 Å². The van der Waals surface area contributed by atoms with E-state index in [4.69, 9.17) is 13.9 Å². The number of rotatable bonds is 4. The molecule has 130 valence electrons. The van der Waals surface area contributed by atoms with Crippen molar-refractivity contribution < 1.29 is 13.9 Å². The third-order valence-corrected chi connectivity index (χ3v) is 4.92. The van der Waals surface area contributed by atoms with Gasteiger partial charge in [-0.25, -0.2) is 4.68 Å². The molecule has 0 N–H and O–H groups in total. The molecule has 0 bridgehead atoms. The summed E-state index contributed by atoms with van der Waals surface area (Å²) in [7, 11) is 0. The normalized spacial score (nSPS) is 23.8. The van der Waals surface area contributed by atoms with Gasteiger partial charge in [0.15, 0.2) is 5.79 Å². The van der Waals surface area contributed by atoms with Crippen LogP contribution in [0.1, 0.15) is 31.3 Å². The van der Waals surface area contributed by atoms with Crippen molar-refractivity contribution in [3.05, 3.63) is 23.7 Å². The Labute approximate surface area is 140 Å². The number of aryl methyl sites for hydroxylation is 1. The molecule has 4 heterocycles. The fraction of sp³-hybridized carbons (Fsp3) is 0.688. The average Bonchev–Trinajstić information content (AvgIpc) is 3.31. The summed E-state index contributed by atoms with van der Waals surface area (Å²) in [6.45, 7) is 7.61. The van der Waals surface area contributed by atoms with Crippen LogP contribution in [0.3, 0.4) is 0 Å². The molecule has 0 radical (unpaired) electrons. The predicted octanol–water partition coefficient (Wildman–Crippen LogP) is 1.60. The lowest BCUT2D eigenvalue weighted by molar-refractivity contribution is -0.182. The van der Waals surface area contributed by atoms with Gasteiger partial charge in [-0.15, -0.1) is 0 Å². The van der Waals surface area contributed by atoms with Crippen LogP contribution in [-0.4, -0.2) is 52.3 Å². The predicted molar refractivity (Wildman–Crippen MR) is 85.6 cm³/mol. The first-order valence-electron chi connectivity index (χ1n) is 8.48. The van der Waals surface area contributed by atoms with E-state index >= 15 is 0 Å². The summed E-state index contributed by atoms with van der Waals surface area (Å²) >= 11 is 0. The number of furan rings is 1. The molecule has 1 unspecified atom stereocenters. The maximum Gasteiger partial charge on any atom is 0.245 e. The number of hydrogen-bond acceptors (Lipinski definition) is 7. The van der Waals surface area contributed by atoms with Crippen molar-refractivity contribution in [3.63, 3.8) is 0 Å². The Kier molecular flexibility index (Phi) is 4.01. The number of tetrazole rings is 1. The monoisotopic (exact) mass is 333 g/mol. The van der Waals surface area contributed by atoms with Gasteiger partial charge in [0.05, 0.1) is 13.2 Å². The van der Waals surface area contributed by atoms with E-state index in [-0.39, 0.29) is 0 Å². The Morgan fingerprint density at radius 3 is 2.88 bits per heavy atom. The van der Waals surface area contributed by atoms with Crippen molar-refractivity contribution in [1.82, 2.24) is 20.2 Å². The van der Waals surface area contributed by atoms with Crippen LogP contribution in [0.15, 0.2) is 16.5 Å². The molecule has 0 amide bonds. The van der Waals surface area contributed by atoms with E-state index in [1.54, 1.807) is 4.68 Å². The maximum absolute atomic E-state index is 5.85. The number of hydrogen-bond donors (Lipinski definition) is 0. The van der Waals surface area contributed by atoms with Gasteiger partial charge in [0.1, 0.15) is 18.1 Å². The van der Waals surface area contributed by atoms with E-state index in [1.165, 1.54) is 0 Å². The van der Waals surface area contributed by atoms with Crippen LogP contribution in [0.2, 0.25) is 0 Å². The number of piperidine rings is 1. The smallest absolute Gasteiger partial charge is 0.245 e. The lowest BCUT2D eigenvalue weighted by Gasteiger charge is -2.39. The third kappa shape index (κ3) is 2.91. The first-order chi connectivity index (χ1) is 11.6. The molecule has 1 atom stereocenters. The Morgan fingerprint density at radius 1 is 1.29 bits per heavy atom. The van der Waals surface area contributed by atoms with E-state index in [0.717, 1.165) is 43.4 Å². The van der Waals surface area contributed by atoms with Crippen LogP contribution in [0.25, 0.3) is 0 Å². The minimum atomic E-state index is -0.491. The van der Waals surface area contributed by atoms with Crippen molar-refractivity contribution >= 4 is 5.95 Å². The van der Waals surface area contributed by atoms with Crippen LogP contribution in [0.4, 0.5) is 5.95 Å². The lowest BCUT2D eigenvalue weighted by Crippen LogP contribution is -2.47. The summed E-state index contributed by atoms with van der Waals surface area (Å²) in [5.74, 6) is 2.33. The second-order valence-electron chi connectivity index (χ2n) is 6.65. The van der Waals surface area contributed by atoms with Crippen LogP contribution in [0, 0.1) is 12.8 Å². The SMILES string of the molecule is Cc1ccc(Cn2nnnc2N2CCCC(C3(C)OCCO3)C2)o1. The molecule has 2 saturated heterocycles. The summed E-state index contributed by atoms with van der Waals surface area (Å²) in [6.07, 6.45) is 2.16. The number of aromatic nitrogens is 4. The fourth-order valence-electron chi connectivity index (χ4n) is 3.60. The number of ether oxygens (including phenoxy) is 2. The first kappa shape index (κ1) is 15.6. The molecule has 8 heteroatoms. The van der Waals surface area contributed by atoms with Crippen LogP contribution in [0.5, 0.6) is 0 Å².